The van der Waals surface area contributed by atoms with Gasteiger partial charge in [0.1, 0.15) is 9.71 Å². The Morgan fingerprint density at radius 1 is 1.19 bits per heavy atom. The first-order valence-electron chi connectivity index (χ1n) is 6.56. The molecule has 2 heterocycles. The summed E-state index contributed by atoms with van der Waals surface area (Å²) in [4.78, 5) is 20.0. The maximum absolute atomic E-state index is 12.6. The van der Waals surface area contributed by atoms with Crippen LogP contribution in [0.2, 0.25) is 0 Å². The molecule has 3 rings (SSSR count). The Balaban J connectivity index is 2.04. The Labute approximate surface area is 126 Å². The van der Waals surface area contributed by atoms with Crippen molar-refractivity contribution in [1.29, 1.82) is 0 Å². The summed E-state index contributed by atoms with van der Waals surface area (Å²) in [5.41, 5.74) is 8.39. The Morgan fingerprint density at radius 3 is 2.62 bits per heavy atom. The number of carbonyl (C=O) groups is 1. The molecule has 106 valence electrons. The normalized spacial score (nSPS) is 10.8. The van der Waals surface area contributed by atoms with Crippen molar-refractivity contribution in [2.75, 3.05) is 17.7 Å². The van der Waals surface area contributed by atoms with E-state index < -0.39 is 0 Å². The number of anilines is 2. The molecule has 1 aromatic carbocycles. The third-order valence-electron chi connectivity index (χ3n) is 3.38. The van der Waals surface area contributed by atoms with Crippen LogP contribution >= 0.6 is 11.3 Å². The molecule has 5 heteroatoms. The van der Waals surface area contributed by atoms with Crippen molar-refractivity contribution in [3.05, 3.63) is 53.0 Å². The predicted octanol–water partition coefficient (Wildman–Crippen LogP) is 3.46. The second-order valence-electron chi connectivity index (χ2n) is 4.85. The van der Waals surface area contributed by atoms with E-state index in [2.05, 4.69) is 4.98 Å². The number of para-hydroxylation sites is 1. The van der Waals surface area contributed by atoms with Gasteiger partial charge < -0.3 is 10.6 Å². The number of amides is 1. The molecule has 0 aliphatic carbocycles. The Bertz CT molecular complexity index is 811. The molecule has 0 saturated heterocycles. The third-order valence-corrected chi connectivity index (χ3v) is 4.48. The number of hydrogen-bond acceptors (Lipinski definition) is 4. The van der Waals surface area contributed by atoms with Gasteiger partial charge in [-0.05, 0) is 31.2 Å². The number of nitrogen functional groups attached to an aromatic ring is 1. The second-order valence-corrected chi connectivity index (χ2v) is 5.85. The molecule has 0 aliphatic rings. The molecule has 0 atom stereocenters. The average Bonchev–Trinajstić information content (AvgIpc) is 2.83. The topological polar surface area (TPSA) is 59.2 Å². The van der Waals surface area contributed by atoms with Crippen LogP contribution in [0.25, 0.3) is 10.2 Å². The zero-order valence-corrected chi connectivity index (χ0v) is 12.6. The maximum atomic E-state index is 12.6. The van der Waals surface area contributed by atoms with E-state index in [1.807, 2.05) is 49.4 Å². The van der Waals surface area contributed by atoms with Crippen LogP contribution in [-0.2, 0) is 0 Å². The fraction of sp³-hybridized carbons (Fsp3) is 0.125. The average molecular weight is 297 g/mol. The number of pyridine rings is 1. The smallest absolute Gasteiger partial charge is 0.270 e. The standard InChI is InChI=1S/C16H15N3OS/c1-10-8-9-12-13(17)14(21-15(12)18-10)16(20)19(2)11-6-4-3-5-7-11/h3-9H,17H2,1-2H3. The van der Waals surface area contributed by atoms with Crippen molar-refractivity contribution in [2.24, 2.45) is 0 Å². The van der Waals surface area contributed by atoms with E-state index in [4.69, 9.17) is 5.73 Å². The SMILES string of the molecule is Cc1ccc2c(N)c(C(=O)N(C)c3ccccc3)sc2n1. The van der Waals surface area contributed by atoms with Crippen LogP contribution in [0.5, 0.6) is 0 Å². The molecule has 0 unspecified atom stereocenters. The first-order valence-corrected chi connectivity index (χ1v) is 7.38. The first-order chi connectivity index (χ1) is 10.1. The lowest BCUT2D eigenvalue weighted by Crippen LogP contribution is -2.25. The van der Waals surface area contributed by atoms with Gasteiger partial charge in [-0.25, -0.2) is 4.98 Å². The van der Waals surface area contributed by atoms with Gasteiger partial charge in [0.15, 0.2) is 0 Å². The van der Waals surface area contributed by atoms with E-state index in [0.29, 0.717) is 10.6 Å². The molecule has 0 fully saturated rings. The highest BCUT2D eigenvalue weighted by molar-refractivity contribution is 7.21. The Hall–Kier alpha value is -2.40. The summed E-state index contributed by atoms with van der Waals surface area (Å²) < 4.78 is 0. The van der Waals surface area contributed by atoms with Gasteiger partial charge in [0.25, 0.3) is 5.91 Å². The van der Waals surface area contributed by atoms with Crippen molar-refractivity contribution >= 4 is 38.8 Å². The Morgan fingerprint density at radius 2 is 1.90 bits per heavy atom. The minimum atomic E-state index is -0.112. The minimum absolute atomic E-state index is 0.112. The molecule has 2 aromatic heterocycles. The van der Waals surface area contributed by atoms with Crippen LogP contribution in [0.3, 0.4) is 0 Å². The van der Waals surface area contributed by atoms with Crippen LogP contribution in [0, 0.1) is 6.92 Å². The van der Waals surface area contributed by atoms with Crippen LogP contribution < -0.4 is 10.6 Å². The highest BCUT2D eigenvalue weighted by atomic mass is 32.1. The fourth-order valence-electron chi connectivity index (χ4n) is 2.17. The number of nitrogens with zero attached hydrogens (tertiary/aromatic N) is 2. The lowest BCUT2D eigenvalue weighted by atomic mass is 10.2. The highest BCUT2D eigenvalue weighted by Gasteiger charge is 2.21. The number of benzene rings is 1. The zero-order valence-electron chi connectivity index (χ0n) is 11.8. The third kappa shape index (κ3) is 2.36. The van der Waals surface area contributed by atoms with Crippen molar-refractivity contribution in [2.45, 2.75) is 6.92 Å². The monoisotopic (exact) mass is 297 g/mol. The lowest BCUT2D eigenvalue weighted by Gasteiger charge is -2.16. The van der Waals surface area contributed by atoms with E-state index in [0.717, 1.165) is 21.6 Å². The zero-order chi connectivity index (χ0) is 15.0. The second kappa shape index (κ2) is 5.18. The largest absolute Gasteiger partial charge is 0.397 e. The maximum Gasteiger partial charge on any atom is 0.270 e. The molecule has 0 radical (unpaired) electrons. The predicted molar refractivity (Wildman–Crippen MR) is 87.9 cm³/mol. The number of thiophene rings is 1. The molecular formula is C16H15N3OS. The van der Waals surface area contributed by atoms with Gasteiger partial charge in [-0.3, -0.25) is 4.79 Å². The van der Waals surface area contributed by atoms with Gasteiger partial charge in [-0.15, -0.1) is 11.3 Å². The van der Waals surface area contributed by atoms with Gasteiger partial charge >= 0.3 is 0 Å². The first kappa shape index (κ1) is 13.6. The van der Waals surface area contributed by atoms with Crippen LogP contribution in [0.4, 0.5) is 11.4 Å². The molecule has 0 spiro atoms. The molecule has 3 aromatic rings. The van der Waals surface area contributed by atoms with Crippen molar-refractivity contribution in [1.82, 2.24) is 4.98 Å². The number of carbonyl (C=O) groups excluding carboxylic acids is 1. The van der Waals surface area contributed by atoms with E-state index in [1.54, 1.807) is 11.9 Å². The van der Waals surface area contributed by atoms with E-state index >= 15 is 0 Å². The van der Waals surface area contributed by atoms with Crippen LogP contribution in [0.15, 0.2) is 42.5 Å². The van der Waals surface area contributed by atoms with E-state index in [9.17, 15) is 4.79 Å². The van der Waals surface area contributed by atoms with Crippen molar-refractivity contribution in [3.63, 3.8) is 0 Å². The highest BCUT2D eigenvalue weighted by Crippen LogP contribution is 2.33. The van der Waals surface area contributed by atoms with Gasteiger partial charge in [-0.2, -0.15) is 0 Å². The van der Waals surface area contributed by atoms with Gasteiger partial charge in [-0.1, -0.05) is 18.2 Å². The number of nitrogens with two attached hydrogens (primary N) is 1. The number of rotatable bonds is 2. The number of aryl methyl sites for hydroxylation is 1. The van der Waals surface area contributed by atoms with Crippen LogP contribution in [-0.4, -0.2) is 17.9 Å². The lowest BCUT2D eigenvalue weighted by molar-refractivity contribution is 0.0997. The fourth-order valence-corrected chi connectivity index (χ4v) is 3.28. The van der Waals surface area contributed by atoms with E-state index in [-0.39, 0.29) is 5.91 Å². The summed E-state index contributed by atoms with van der Waals surface area (Å²) in [5.74, 6) is -0.112. The van der Waals surface area contributed by atoms with Crippen LogP contribution in [0.1, 0.15) is 15.4 Å². The summed E-state index contributed by atoms with van der Waals surface area (Å²) >= 11 is 1.34. The minimum Gasteiger partial charge on any atom is -0.397 e. The van der Waals surface area contributed by atoms with Crippen molar-refractivity contribution in [3.8, 4) is 0 Å². The molecule has 2 N–H and O–H groups in total. The van der Waals surface area contributed by atoms with Gasteiger partial charge in [0.05, 0.1) is 5.69 Å². The summed E-state index contributed by atoms with van der Waals surface area (Å²) in [6.45, 7) is 1.92. The molecule has 4 nitrogen and oxygen atoms in total. The molecule has 0 aliphatic heterocycles. The Kier molecular flexibility index (Phi) is 3.35. The summed E-state index contributed by atoms with van der Waals surface area (Å²) in [7, 11) is 1.75. The molecule has 0 saturated carbocycles. The number of aromatic nitrogens is 1. The van der Waals surface area contributed by atoms with Gasteiger partial charge in [0.2, 0.25) is 0 Å². The molecule has 1 amide bonds. The molecular weight excluding hydrogens is 282 g/mol. The van der Waals surface area contributed by atoms with Crippen molar-refractivity contribution < 1.29 is 4.79 Å². The number of fused-ring (bicyclic) bond motifs is 1. The summed E-state index contributed by atoms with van der Waals surface area (Å²) in [6.07, 6.45) is 0. The molecule has 21 heavy (non-hydrogen) atoms. The summed E-state index contributed by atoms with van der Waals surface area (Å²) in [5, 5.41) is 0.843. The summed E-state index contributed by atoms with van der Waals surface area (Å²) in [6, 6.07) is 13.3. The van der Waals surface area contributed by atoms with E-state index in [1.165, 1.54) is 11.3 Å². The quantitative estimate of drug-likeness (QED) is 0.788. The van der Waals surface area contributed by atoms with Gasteiger partial charge in [0, 0.05) is 23.8 Å². The molecule has 0 bridgehead atoms. The number of hydrogen-bond donors (Lipinski definition) is 1.